The molecule has 3 aromatic carbocycles. The molecule has 0 aliphatic carbocycles. The van der Waals surface area contributed by atoms with Gasteiger partial charge in [-0.3, -0.25) is 9.11 Å². The van der Waals surface area contributed by atoms with Crippen molar-refractivity contribution in [2.45, 2.75) is 9.79 Å². The highest BCUT2D eigenvalue weighted by Gasteiger charge is 2.22. The number of hydrogen-bond donors (Lipinski definition) is 4. The van der Waals surface area contributed by atoms with Gasteiger partial charge in [0.2, 0.25) is 0 Å². The van der Waals surface area contributed by atoms with Crippen LogP contribution in [0.25, 0.3) is 10.8 Å². The third-order valence-corrected chi connectivity index (χ3v) is 5.49. The van der Waals surface area contributed by atoms with E-state index in [4.69, 9.17) is 10.3 Å². The van der Waals surface area contributed by atoms with Crippen LogP contribution in [0.1, 0.15) is 0 Å². The average molecular weight is 423 g/mol. The van der Waals surface area contributed by atoms with E-state index in [1.807, 2.05) is 0 Å². The Morgan fingerprint density at radius 2 is 1.54 bits per heavy atom. The Kier molecular flexibility index (Phi) is 4.81. The van der Waals surface area contributed by atoms with Gasteiger partial charge < -0.3 is 10.8 Å². The fraction of sp³-hybridized carbons (Fsp3) is 0. The van der Waals surface area contributed by atoms with Crippen molar-refractivity contribution < 1.29 is 31.0 Å². The van der Waals surface area contributed by atoms with Crippen LogP contribution in [0.3, 0.4) is 0 Å². The number of phenols is 1. The number of phenolic OH excluding ortho intramolecular Hbond substituents is 1. The zero-order valence-corrected chi connectivity index (χ0v) is 15.5. The van der Waals surface area contributed by atoms with Crippen molar-refractivity contribution in [3.05, 3.63) is 48.5 Å². The lowest BCUT2D eigenvalue weighted by Crippen LogP contribution is -2.01. The molecule has 146 valence electrons. The third kappa shape index (κ3) is 3.80. The summed E-state index contributed by atoms with van der Waals surface area (Å²) < 4.78 is 64.5. The summed E-state index contributed by atoms with van der Waals surface area (Å²) in [7, 11) is -9.22. The molecule has 0 unspecified atom stereocenters. The van der Waals surface area contributed by atoms with Gasteiger partial charge in [0, 0.05) is 5.39 Å². The summed E-state index contributed by atoms with van der Waals surface area (Å²) in [6.45, 7) is 0. The molecule has 0 heterocycles. The molecular formula is C16H13N3O7S2. The van der Waals surface area contributed by atoms with Crippen LogP contribution in [-0.2, 0) is 20.2 Å². The molecular weight excluding hydrogens is 410 g/mol. The second kappa shape index (κ2) is 6.83. The maximum Gasteiger partial charge on any atom is 0.296 e. The Bertz CT molecular complexity index is 1330. The number of hydrogen-bond acceptors (Lipinski definition) is 8. The Balaban J connectivity index is 2.24. The van der Waals surface area contributed by atoms with E-state index < -0.39 is 35.7 Å². The van der Waals surface area contributed by atoms with Crippen LogP contribution in [0, 0.1) is 0 Å². The Hall–Kier alpha value is -3.06. The second-order valence-corrected chi connectivity index (χ2v) is 8.47. The van der Waals surface area contributed by atoms with Crippen molar-refractivity contribution in [1.29, 1.82) is 0 Å². The molecule has 0 aliphatic heterocycles. The van der Waals surface area contributed by atoms with E-state index in [2.05, 4.69) is 10.2 Å². The highest BCUT2D eigenvalue weighted by atomic mass is 32.2. The quantitative estimate of drug-likeness (QED) is 0.281. The van der Waals surface area contributed by atoms with E-state index in [0.29, 0.717) is 0 Å². The topological polar surface area (TPSA) is 180 Å². The molecule has 0 amide bonds. The van der Waals surface area contributed by atoms with Crippen LogP contribution in [0.5, 0.6) is 5.75 Å². The van der Waals surface area contributed by atoms with Crippen LogP contribution in [0.2, 0.25) is 0 Å². The van der Waals surface area contributed by atoms with Gasteiger partial charge in [-0.25, -0.2) is 0 Å². The zero-order valence-electron chi connectivity index (χ0n) is 13.9. The highest BCUT2D eigenvalue weighted by Crippen LogP contribution is 2.41. The summed E-state index contributed by atoms with van der Waals surface area (Å²) in [6, 6.07) is 10.1. The molecule has 0 bridgehead atoms. The van der Waals surface area contributed by atoms with E-state index in [1.54, 1.807) is 0 Å². The standard InChI is InChI=1S/C16H13N3O7S2/c17-15-14-9(3-1-6-12(14)20)7-13(28(24,25)26)16(15)19-18-10-4-2-5-11(8-10)27(21,22)23/h1-8,20H,17H2,(H,21,22,23)(H,24,25,26). The SMILES string of the molecule is Nc1c(N=Nc2cccc(S(=O)(=O)O)c2)c(S(=O)(=O)O)cc2cccc(O)c12. The molecule has 12 heteroatoms. The van der Waals surface area contributed by atoms with Gasteiger partial charge in [-0.2, -0.15) is 21.9 Å². The normalized spacial score (nSPS) is 12.6. The first-order valence-electron chi connectivity index (χ1n) is 7.49. The summed E-state index contributed by atoms with van der Waals surface area (Å²) >= 11 is 0. The summed E-state index contributed by atoms with van der Waals surface area (Å²) in [5.41, 5.74) is 5.23. The Labute approximate surface area is 159 Å². The maximum absolute atomic E-state index is 11.8. The van der Waals surface area contributed by atoms with Crippen LogP contribution in [0.15, 0.2) is 68.6 Å². The largest absolute Gasteiger partial charge is 0.507 e. The molecule has 0 spiro atoms. The molecule has 0 saturated heterocycles. The van der Waals surface area contributed by atoms with Gasteiger partial charge in [0.15, 0.2) is 0 Å². The average Bonchev–Trinajstić information content (AvgIpc) is 2.59. The lowest BCUT2D eigenvalue weighted by molar-refractivity contribution is 0.480. The fourth-order valence-corrected chi connectivity index (χ4v) is 3.74. The molecule has 3 aromatic rings. The van der Waals surface area contributed by atoms with Gasteiger partial charge >= 0.3 is 0 Å². The number of anilines is 1. The number of fused-ring (bicyclic) bond motifs is 1. The summed E-state index contributed by atoms with van der Waals surface area (Å²) in [6.07, 6.45) is 0. The highest BCUT2D eigenvalue weighted by molar-refractivity contribution is 7.86. The first-order valence-corrected chi connectivity index (χ1v) is 10.4. The van der Waals surface area contributed by atoms with E-state index in [0.717, 1.165) is 18.2 Å². The number of nitrogens with two attached hydrogens (primary N) is 1. The van der Waals surface area contributed by atoms with Crippen molar-refractivity contribution in [3.63, 3.8) is 0 Å². The number of azo groups is 1. The predicted octanol–water partition coefficient (Wildman–Crippen LogP) is 3.04. The van der Waals surface area contributed by atoms with Crippen molar-refractivity contribution in [2.24, 2.45) is 10.2 Å². The van der Waals surface area contributed by atoms with Crippen LogP contribution in [0.4, 0.5) is 17.1 Å². The van der Waals surface area contributed by atoms with E-state index in [1.165, 1.54) is 30.3 Å². The van der Waals surface area contributed by atoms with Gasteiger partial charge in [0.05, 0.1) is 16.3 Å². The number of rotatable bonds is 4. The summed E-state index contributed by atoms with van der Waals surface area (Å²) in [5, 5.41) is 17.8. The van der Waals surface area contributed by atoms with Gasteiger partial charge in [-0.15, -0.1) is 5.11 Å². The predicted molar refractivity (Wildman–Crippen MR) is 100 cm³/mol. The fourth-order valence-electron chi connectivity index (χ4n) is 2.55. The smallest absolute Gasteiger partial charge is 0.296 e. The van der Waals surface area contributed by atoms with Crippen molar-refractivity contribution in [3.8, 4) is 5.75 Å². The van der Waals surface area contributed by atoms with Crippen molar-refractivity contribution in [1.82, 2.24) is 0 Å². The van der Waals surface area contributed by atoms with E-state index in [-0.39, 0.29) is 27.9 Å². The van der Waals surface area contributed by atoms with E-state index >= 15 is 0 Å². The van der Waals surface area contributed by atoms with Gasteiger partial charge in [-0.05, 0) is 35.7 Å². The molecule has 0 aromatic heterocycles. The van der Waals surface area contributed by atoms with Gasteiger partial charge in [0.25, 0.3) is 20.2 Å². The van der Waals surface area contributed by atoms with Crippen LogP contribution in [-0.4, -0.2) is 31.0 Å². The molecule has 0 atom stereocenters. The number of aromatic hydroxyl groups is 1. The number of nitrogens with zero attached hydrogens (tertiary/aromatic N) is 2. The minimum atomic E-state index is -4.75. The summed E-state index contributed by atoms with van der Waals surface area (Å²) in [5.74, 6) is -0.235. The summed E-state index contributed by atoms with van der Waals surface area (Å²) in [4.78, 5) is -1.08. The molecule has 3 rings (SSSR count). The molecule has 0 saturated carbocycles. The monoisotopic (exact) mass is 423 g/mol. The molecule has 0 aliphatic rings. The molecule has 28 heavy (non-hydrogen) atoms. The minimum Gasteiger partial charge on any atom is -0.507 e. The molecule has 0 radical (unpaired) electrons. The Morgan fingerprint density at radius 1 is 0.857 bits per heavy atom. The molecule has 0 fully saturated rings. The first-order chi connectivity index (χ1) is 13.0. The van der Waals surface area contributed by atoms with Crippen LogP contribution >= 0.6 is 0 Å². The van der Waals surface area contributed by atoms with Gasteiger partial charge in [0.1, 0.15) is 16.3 Å². The third-order valence-electron chi connectivity index (χ3n) is 3.78. The first kappa shape index (κ1) is 19.7. The van der Waals surface area contributed by atoms with Crippen molar-refractivity contribution >= 4 is 48.1 Å². The lowest BCUT2D eigenvalue weighted by atomic mass is 10.1. The molecule has 10 nitrogen and oxygen atoms in total. The minimum absolute atomic E-state index is 0.0341. The number of benzene rings is 3. The van der Waals surface area contributed by atoms with Crippen LogP contribution < -0.4 is 5.73 Å². The zero-order chi connectivity index (χ0) is 20.7. The molecule has 5 N–H and O–H groups in total. The van der Waals surface area contributed by atoms with Crippen molar-refractivity contribution in [2.75, 3.05) is 5.73 Å². The second-order valence-electron chi connectivity index (χ2n) is 5.66. The maximum atomic E-state index is 11.8. The van der Waals surface area contributed by atoms with Gasteiger partial charge in [-0.1, -0.05) is 18.2 Å². The lowest BCUT2D eigenvalue weighted by Gasteiger charge is -2.10. The Morgan fingerprint density at radius 3 is 2.18 bits per heavy atom. The number of nitrogen functional groups attached to an aromatic ring is 1. The van der Waals surface area contributed by atoms with E-state index in [9.17, 15) is 26.5 Å².